The van der Waals surface area contributed by atoms with E-state index in [1.54, 1.807) is 6.07 Å². The minimum absolute atomic E-state index is 0.160. The van der Waals surface area contributed by atoms with Crippen molar-refractivity contribution in [3.8, 4) is 0 Å². The highest BCUT2D eigenvalue weighted by Crippen LogP contribution is 2.22. The number of nitrogens with one attached hydrogen (secondary N) is 2. The maximum absolute atomic E-state index is 12.3. The standard InChI is InChI=1S/C15H22BrN3O4S/c1-2-3-8-24(22,23)19-6-4-11(5-7-19)14(20)18-13-9-12(16)10-17-15(13)21/h9-11H,2-8H2,1H3,(H,17,21)(H,18,20). The Labute approximate surface area is 150 Å². The molecule has 0 spiro atoms. The predicted octanol–water partition coefficient (Wildman–Crippen LogP) is 1.92. The molecule has 0 aliphatic carbocycles. The molecule has 0 atom stereocenters. The number of H-pyrrole nitrogens is 1. The lowest BCUT2D eigenvalue weighted by molar-refractivity contribution is -0.120. The molecule has 1 aliphatic heterocycles. The molecule has 1 aliphatic rings. The summed E-state index contributed by atoms with van der Waals surface area (Å²) in [7, 11) is -3.23. The first-order valence-corrected chi connectivity index (χ1v) is 10.4. The van der Waals surface area contributed by atoms with Crippen molar-refractivity contribution in [3.63, 3.8) is 0 Å². The van der Waals surface area contributed by atoms with Crippen molar-refractivity contribution in [2.45, 2.75) is 32.6 Å². The van der Waals surface area contributed by atoms with Gasteiger partial charge in [-0.3, -0.25) is 9.59 Å². The Morgan fingerprint density at radius 1 is 1.42 bits per heavy atom. The Kier molecular flexibility index (Phi) is 6.59. The average Bonchev–Trinajstić information content (AvgIpc) is 2.56. The van der Waals surface area contributed by atoms with Gasteiger partial charge in [-0.15, -0.1) is 0 Å². The number of halogens is 1. The van der Waals surface area contributed by atoms with Crippen LogP contribution in [0.15, 0.2) is 21.5 Å². The second kappa shape index (κ2) is 8.26. The van der Waals surface area contributed by atoms with Crippen LogP contribution < -0.4 is 10.9 Å². The molecule has 2 heterocycles. The molecule has 24 heavy (non-hydrogen) atoms. The zero-order chi connectivity index (χ0) is 17.7. The van der Waals surface area contributed by atoms with Gasteiger partial charge in [0.15, 0.2) is 0 Å². The van der Waals surface area contributed by atoms with Crippen molar-refractivity contribution in [2.75, 3.05) is 24.2 Å². The normalized spacial score (nSPS) is 16.9. The third kappa shape index (κ3) is 4.90. The van der Waals surface area contributed by atoms with Crippen molar-refractivity contribution in [3.05, 3.63) is 27.1 Å². The van der Waals surface area contributed by atoms with Crippen molar-refractivity contribution in [1.29, 1.82) is 0 Å². The van der Waals surface area contributed by atoms with E-state index in [0.29, 0.717) is 36.8 Å². The van der Waals surface area contributed by atoms with Gasteiger partial charge in [-0.05, 0) is 41.3 Å². The van der Waals surface area contributed by atoms with E-state index >= 15 is 0 Å². The van der Waals surface area contributed by atoms with Crippen LogP contribution in [0.2, 0.25) is 0 Å². The van der Waals surface area contributed by atoms with Crippen molar-refractivity contribution in [2.24, 2.45) is 5.92 Å². The molecule has 2 rings (SSSR count). The Bertz CT molecular complexity index is 739. The summed E-state index contributed by atoms with van der Waals surface area (Å²) in [4.78, 5) is 26.5. The molecule has 7 nitrogen and oxygen atoms in total. The van der Waals surface area contributed by atoms with Gasteiger partial charge in [0.1, 0.15) is 5.69 Å². The summed E-state index contributed by atoms with van der Waals surface area (Å²) in [5, 5.41) is 2.63. The number of sulfonamides is 1. The molecule has 134 valence electrons. The second-order valence-corrected chi connectivity index (χ2v) is 8.90. The fraction of sp³-hybridized carbons (Fsp3) is 0.600. The van der Waals surface area contributed by atoms with Crippen LogP contribution in [-0.4, -0.2) is 42.5 Å². The van der Waals surface area contributed by atoms with E-state index in [0.717, 1.165) is 6.42 Å². The summed E-state index contributed by atoms with van der Waals surface area (Å²) in [5.74, 6) is -0.376. The molecule has 0 bridgehead atoms. The first-order chi connectivity index (χ1) is 11.3. The number of piperidine rings is 1. The smallest absolute Gasteiger partial charge is 0.271 e. The number of hydrogen-bond donors (Lipinski definition) is 2. The van der Waals surface area contributed by atoms with Gasteiger partial charge in [0.05, 0.1) is 5.75 Å². The van der Waals surface area contributed by atoms with Gasteiger partial charge in [0.2, 0.25) is 15.9 Å². The summed E-state index contributed by atoms with van der Waals surface area (Å²) in [6.45, 7) is 2.65. The lowest BCUT2D eigenvalue weighted by Crippen LogP contribution is -2.42. The first kappa shape index (κ1) is 19.1. The molecular weight excluding hydrogens is 398 g/mol. The predicted molar refractivity (Wildman–Crippen MR) is 96.4 cm³/mol. The van der Waals surface area contributed by atoms with Gasteiger partial charge in [-0.1, -0.05) is 13.3 Å². The Hall–Kier alpha value is -1.19. The number of aromatic amines is 1. The first-order valence-electron chi connectivity index (χ1n) is 8.00. The lowest BCUT2D eigenvalue weighted by Gasteiger charge is -2.30. The molecule has 1 aromatic rings. The SMILES string of the molecule is CCCCS(=O)(=O)N1CCC(C(=O)Nc2cc(Br)c[nH]c2=O)CC1. The number of pyridine rings is 1. The number of hydrogen-bond acceptors (Lipinski definition) is 4. The van der Waals surface area contributed by atoms with Crippen molar-refractivity contribution < 1.29 is 13.2 Å². The highest BCUT2D eigenvalue weighted by molar-refractivity contribution is 9.10. The third-order valence-corrected chi connectivity index (χ3v) is 6.51. The number of aromatic nitrogens is 1. The second-order valence-electron chi connectivity index (χ2n) is 5.89. The molecular formula is C15H22BrN3O4S. The molecule has 1 aromatic heterocycles. The van der Waals surface area contributed by atoms with Crippen LogP contribution in [0.25, 0.3) is 0 Å². The summed E-state index contributed by atoms with van der Waals surface area (Å²) in [6, 6.07) is 1.54. The van der Waals surface area contributed by atoms with E-state index in [4.69, 9.17) is 0 Å². The molecule has 1 amide bonds. The maximum Gasteiger partial charge on any atom is 0.271 e. The quantitative estimate of drug-likeness (QED) is 0.735. The van der Waals surface area contributed by atoms with Crippen molar-refractivity contribution >= 4 is 37.5 Å². The third-order valence-electron chi connectivity index (χ3n) is 4.10. The molecule has 0 saturated carbocycles. The van der Waals surface area contributed by atoms with Gasteiger partial charge in [-0.25, -0.2) is 12.7 Å². The van der Waals surface area contributed by atoms with E-state index in [-0.39, 0.29) is 28.8 Å². The van der Waals surface area contributed by atoms with Gasteiger partial charge in [-0.2, -0.15) is 0 Å². The minimum atomic E-state index is -3.23. The average molecular weight is 420 g/mol. The van der Waals surface area contributed by atoms with Gasteiger partial charge in [0.25, 0.3) is 5.56 Å². The molecule has 1 saturated heterocycles. The minimum Gasteiger partial charge on any atom is -0.326 e. The fourth-order valence-corrected chi connectivity index (χ4v) is 4.66. The van der Waals surface area contributed by atoms with Crippen molar-refractivity contribution in [1.82, 2.24) is 9.29 Å². The number of rotatable bonds is 6. The number of nitrogens with zero attached hydrogens (tertiary/aromatic N) is 1. The zero-order valence-corrected chi connectivity index (χ0v) is 16.0. The number of carbonyl (C=O) groups excluding carboxylic acids is 1. The van der Waals surface area contributed by atoms with Crippen LogP contribution in [0.4, 0.5) is 5.69 Å². The van der Waals surface area contributed by atoms with E-state index < -0.39 is 10.0 Å². The lowest BCUT2D eigenvalue weighted by atomic mass is 9.97. The monoisotopic (exact) mass is 419 g/mol. The molecule has 1 fully saturated rings. The molecule has 0 radical (unpaired) electrons. The topological polar surface area (TPSA) is 99.3 Å². The summed E-state index contributed by atoms with van der Waals surface area (Å²) >= 11 is 3.24. The van der Waals surface area contributed by atoms with Crippen LogP contribution in [0.5, 0.6) is 0 Å². The van der Waals surface area contributed by atoms with Crippen LogP contribution in [-0.2, 0) is 14.8 Å². The summed E-state index contributed by atoms with van der Waals surface area (Å²) in [5.41, 5.74) is -0.182. The van der Waals surface area contributed by atoms with Gasteiger partial charge in [0, 0.05) is 29.7 Å². The number of carbonyl (C=O) groups is 1. The Morgan fingerprint density at radius 3 is 2.71 bits per heavy atom. The number of amides is 1. The Balaban J connectivity index is 1.93. The largest absolute Gasteiger partial charge is 0.326 e. The molecule has 0 unspecified atom stereocenters. The number of unbranched alkanes of at least 4 members (excludes halogenated alkanes) is 1. The summed E-state index contributed by atoms with van der Waals surface area (Å²) in [6.07, 6.45) is 3.90. The molecule has 0 aromatic carbocycles. The van der Waals surface area contributed by atoms with Crippen LogP contribution in [0, 0.1) is 5.92 Å². The van der Waals surface area contributed by atoms with E-state index in [1.165, 1.54) is 10.5 Å². The zero-order valence-electron chi connectivity index (χ0n) is 13.5. The number of anilines is 1. The van der Waals surface area contributed by atoms with Crippen LogP contribution in [0.1, 0.15) is 32.6 Å². The fourth-order valence-electron chi connectivity index (χ4n) is 2.64. The Morgan fingerprint density at radius 2 is 2.08 bits per heavy atom. The van der Waals surface area contributed by atoms with Crippen LogP contribution >= 0.6 is 15.9 Å². The van der Waals surface area contributed by atoms with Crippen LogP contribution in [0.3, 0.4) is 0 Å². The highest BCUT2D eigenvalue weighted by atomic mass is 79.9. The van der Waals surface area contributed by atoms with E-state index in [9.17, 15) is 18.0 Å². The van der Waals surface area contributed by atoms with E-state index in [2.05, 4.69) is 26.2 Å². The van der Waals surface area contributed by atoms with Gasteiger partial charge < -0.3 is 10.3 Å². The molecule has 9 heteroatoms. The highest BCUT2D eigenvalue weighted by Gasteiger charge is 2.30. The summed E-state index contributed by atoms with van der Waals surface area (Å²) < 4.78 is 26.5. The van der Waals surface area contributed by atoms with E-state index in [1.807, 2.05) is 6.92 Å². The molecule has 2 N–H and O–H groups in total. The van der Waals surface area contributed by atoms with Gasteiger partial charge >= 0.3 is 0 Å². The maximum atomic E-state index is 12.3.